The highest BCUT2D eigenvalue weighted by Gasteiger charge is 2.38. The highest BCUT2D eigenvalue weighted by molar-refractivity contribution is 8.01. The smallest absolute Gasteiger partial charge is 0.269 e. The first-order chi connectivity index (χ1) is 14.2. The zero-order valence-corrected chi connectivity index (χ0v) is 16.2. The van der Waals surface area contributed by atoms with Crippen LogP contribution >= 0.6 is 11.8 Å². The standard InChI is InChI=1S/C16H7F6NO3S.C2H6O/c17-11-9(15(26-22)13(19)10(12(11)18)16(20)21)6(24)3-7-14(25)5-1-2-23-4-8(5)27-7;1-3-2/h1-2,4,7,16H,3H2;1-2H3. The lowest BCUT2D eigenvalue weighted by atomic mass is 9.98. The van der Waals surface area contributed by atoms with Gasteiger partial charge in [-0.15, -0.1) is 11.8 Å². The highest BCUT2D eigenvalue weighted by atomic mass is 32.2. The first-order valence-electron chi connectivity index (χ1n) is 8.04. The molecule has 2 aromatic rings. The number of nitrogens with zero attached hydrogens (tertiary/aromatic N) is 1. The van der Waals surface area contributed by atoms with Crippen LogP contribution in [0.25, 0.3) is 0 Å². The summed E-state index contributed by atoms with van der Waals surface area (Å²) in [5, 5.41) is -1.08. The van der Waals surface area contributed by atoms with Gasteiger partial charge in [-0.2, -0.15) is 0 Å². The second-order valence-corrected chi connectivity index (χ2v) is 7.06. The van der Waals surface area contributed by atoms with Crippen LogP contribution in [0.2, 0.25) is 0 Å². The lowest BCUT2D eigenvalue weighted by molar-refractivity contribution is -0.0132. The van der Waals surface area contributed by atoms with Crippen LogP contribution in [-0.4, -0.2) is 36.0 Å². The number of Topliss-reactive ketones (excluding diaryl/α,β-unsaturated/α-hetero) is 2. The van der Waals surface area contributed by atoms with Gasteiger partial charge in [0.05, 0.1) is 10.8 Å². The fraction of sp³-hybridized carbons (Fsp3) is 0.278. The Balaban J connectivity index is 0.00000101. The van der Waals surface area contributed by atoms with E-state index in [1.54, 1.807) is 14.2 Å². The number of fused-ring (bicyclic) bond motifs is 1. The SMILES string of the molecule is COC.O=C(CC1Sc2cnccc2C1=O)c1c(F)c(F)c(C(F)F)c(F)c1OF. The van der Waals surface area contributed by atoms with Gasteiger partial charge >= 0.3 is 0 Å². The van der Waals surface area contributed by atoms with Crippen LogP contribution in [0.4, 0.5) is 26.5 Å². The van der Waals surface area contributed by atoms with Crippen molar-refractivity contribution in [1.82, 2.24) is 4.98 Å². The van der Waals surface area contributed by atoms with Gasteiger partial charge in [0.2, 0.25) is 5.75 Å². The number of ether oxygens (including phenoxy) is 1. The average molecular weight is 453 g/mol. The van der Waals surface area contributed by atoms with Crippen LogP contribution in [0.5, 0.6) is 5.75 Å². The molecule has 0 saturated heterocycles. The molecule has 0 radical (unpaired) electrons. The molecule has 1 aromatic carbocycles. The lowest BCUT2D eigenvalue weighted by Gasteiger charge is -2.13. The van der Waals surface area contributed by atoms with Crippen LogP contribution in [-0.2, 0) is 4.74 Å². The Kier molecular flexibility index (Phi) is 7.84. The van der Waals surface area contributed by atoms with Crippen molar-refractivity contribution in [2.75, 3.05) is 14.2 Å². The molecule has 1 aromatic heterocycles. The number of methoxy groups -OCH3 is 1. The molecule has 162 valence electrons. The Hall–Kier alpha value is -2.60. The Morgan fingerprint density at radius 3 is 2.37 bits per heavy atom. The van der Waals surface area contributed by atoms with Gasteiger partial charge < -0.3 is 4.74 Å². The van der Waals surface area contributed by atoms with Gasteiger partial charge in [0.1, 0.15) is 5.56 Å². The minimum atomic E-state index is -3.81. The molecule has 0 spiro atoms. The highest BCUT2D eigenvalue weighted by Crippen LogP contribution is 2.41. The maximum absolute atomic E-state index is 14.1. The summed E-state index contributed by atoms with van der Waals surface area (Å²) in [5.74, 6) is -10.4. The van der Waals surface area contributed by atoms with Crippen molar-refractivity contribution in [2.45, 2.75) is 23.0 Å². The molecule has 0 N–H and O–H groups in total. The summed E-state index contributed by atoms with van der Waals surface area (Å²) in [5.41, 5.74) is -3.32. The van der Waals surface area contributed by atoms with Crippen molar-refractivity contribution < 1.29 is 45.7 Å². The summed E-state index contributed by atoms with van der Waals surface area (Å²) in [6.45, 7) is 0. The topological polar surface area (TPSA) is 65.5 Å². The number of pyridine rings is 1. The molecule has 5 nitrogen and oxygen atoms in total. The number of thioether (sulfide) groups is 1. The van der Waals surface area contributed by atoms with E-state index in [4.69, 9.17) is 0 Å². The summed E-state index contributed by atoms with van der Waals surface area (Å²) in [7, 11) is 3.25. The van der Waals surface area contributed by atoms with Crippen LogP contribution in [0.1, 0.15) is 39.1 Å². The van der Waals surface area contributed by atoms with Crippen LogP contribution in [0, 0.1) is 17.5 Å². The van der Waals surface area contributed by atoms with Gasteiger partial charge in [-0.25, -0.2) is 22.0 Å². The largest absolute Gasteiger partial charge is 0.388 e. The van der Waals surface area contributed by atoms with Gasteiger partial charge in [0.25, 0.3) is 6.43 Å². The number of benzene rings is 1. The van der Waals surface area contributed by atoms with Gasteiger partial charge in [-0.05, 0) is 6.07 Å². The quantitative estimate of drug-likeness (QED) is 0.365. The first-order valence-corrected chi connectivity index (χ1v) is 8.92. The van der Waals surface area contributed by atoms with Crippen molar-refractivity contribution in [3.63, 3.8) is 0 Å². The second-order valence-electron chi connectivity index (χ2n) is 5.82. The van der Waals surface area contributed by atoms with Gasteiger partial charge in [0.15, 0.2) is 29.0 Å². The van der Waals surface area contributed by atoms with Crippen LogP contribution in [0.15, 0.2) is 23.4 Å². The van der Waals surface area contributed by atoms with Crippen molar-refractivity contribution in [2.24, 2.45) is 0 Å². The lowest BCUT2D eigenvalue weighted by Crippen LogP contribution is -2.19. The molecule has 0 saturated carbocycles. The molecule has 0 amide bonds. The van der Waals surface area contributed by atoms with Crippen molar-refractivity contribution in [3.05, 3.63) is 52.6 Å². The number of rotatable bonds is 5. The minimum absolute atomic E-state index is 0.251. The number of hydrogen-bond donors (Lipinski definition) is 0. The molecule has 0 bridgehead atoms. The molecule has 1 unspecified atom stereocenters. The Morgan fingerprint density at radius 1 is 1.20 bits per heavy atom. The molecule has 1 atom stereocenters. The molecule has 0 fully saturated rings. The summed E-state index contributed by atoms with van der Waals surface area (Å²) in [6, 6.07) is 1.39. The average Bonchev–Trinajstić information content (AvgIpc) is 3.00. The first kappa shape index (κ1) is 23.7. The summed E-state index contributed by atoms with van der Waals surface area (Å²) >= 11 is 0.906. The van der Waals surface area contributed by atoms with Gasteiger partial charge in [-0.3, -0.25) is 19.5 Å². The third-order valence-electron chi connectivity index (χ3n) is 3.87. The Labute approximate surface area is 170 Å². The molecule has 30 heavy (non-hydrogen) atoms. The fourth-order valence-electron chi connectivity index (χ4n) is 2.63. The number of alkyl halides is 2. The van der Waals surface area contributed by atoms with E-state index in [0.29, 0.717) is 4.90 Å². The fourth-order valence-corrected chi connectivity index (χ4v) is 3.82. The predicted molar refractivity (Wildman–Crippen MR) is 93.1 cm³/mol. The maximum atomic E-state index is 14.1. The molecule has 12 heteroatoms. The summed E-state index contributed by atoms with van der Waals surface area (Å²) in [4.78, 5) is 31.8. The van der Waals surface area contributed by atoms with Crippen LogP contribution in [0.3, 0.4) is 0 Å². The van der Waals surface area contributed by atoms with E-state index in [1.165, 1.54) is 18.5 Å². The zero-order valence-electron chi connectivity index (χ0n) is 15.4. The number of ketones is 2. The number of carbonyl (C=O) groups excluding carboxylic acids is 2. The monoisotopic (exact) mass is 453 g/mol. The van der Waals surface area contributed by atoms with Crippen molar-refractivity contribution in [1.29, 1.82) is 0 Å². The molecule has 2 heterocycles. The number of hydrogen-bond acceptors (Lipinski definition) is 6. The third-order valence-corrected chi connectivity index (χ3v) is 5.11. The summed E-state index contributed by atoms with van der Waals surface area (Å²) in [6.07, 6.45) is -1.88. The van der Waals surface area contributed by atoms with Gasteiger partial charge in [-0.1, -0.05) is 0 Å². The van der Waals surface area contributed by atoms with Crippen LogP contribution < -0.4 is 4.94 Å². The molecule has 3 rings (SSSR count). The normalized spacial score (nSPS) is 15.0. The summed E-state index contributed by atoms with van der Waals surface area (Å²) < 4.78 is 84.0. The minimum Gasteiger partial charge on any atom is -0.388 e. The third kappa shape index (κ3) is 4.43. The molecule has 1 aliphatic heterocycles. The maximum Gasteiger partial charge on any atom is 0.269 e. The van der Waals surface area contributed by atoms with E-state index in [0.717, 1.165) is 11.8 Å². The van der Waals surface area contributed by atoms with E-state index in [-0.39, 0.29) is 5.56 Å². The number of carbonyl (C=O) groups is 2. The number of halogens is 6. The van der Waals surface area contributed by atoms with Crippen molar-refractivity contribution in [3.8, 4) is 5.75 Å². The predicted octanol–water partition coefficient (Wildman–Crippen LogP) is 4.89. The number of aromatic nitrogens is 1. The molecular formula is C18H13F6NO4S. The molecule has 1 aliphatic rings. The second kappa shape index (κ2) is 9.94. The Morgan fingerprint density at radius 2 is 1.83 bits per heavy atom. The molecular weight excluding hydrogens is 440 g/mol. The van der Waals surface area contributed by atoms with E-state index in [2.05, 4.69) is 14.7 Å². The van der Waals surface area contributed by atoms with Crippen molar-refractivity contribution >= 4 is 23.3 Å². The van der Waals surface area contributed by atoms with E-state index in [9.17, 15) is 36.1 Å². The Bertz CT molecular complexity index is 972. The molecule has 0 aliphatic carbocycles. The van der Waals surface area contributed by atoms with Gasteiger partial charge in [0, 0.05) is 48.0 Å². The van der Waals surface area contributed by atoms with E-state index >= 15 is 0 Å². The van der Waals surface area contributed by atoms with E-state index in [1.807, 2.05) is 0 Å². The van der Waals surface area contributed by atoms with E-state index < -0.39 is 64.0 Å². The zero-order chi connectivity index (χ0) is 22.6.